The van der Waals surface area contributed by atoms with Crippen LogP contribution in [0.5, 0.6) is 0 Å². The Bertz CT molecular complexity index is 286. The van der Waals surface area contributed by atoms with Crippen molar-refractivity contribution in [2.24, 2.45) is 5.41 Å². The standard InChI is InChI=1S/C14H25NOS/c1-4-7-14(2,12-15-8-9-16-3)11-13-6-5-10-17-13/h5-6,10,15H,4,7-9,11-12H2,1-3H3. The third kappa shape index (κ3) is 5.66. The van der Waals surface area contributed by atoms with E-state index in [-0.39, 0.29) is 0 Å². The molecule has 0 bridgehead atoms. The molecular formula is C14H25NOS. The minimum Gasteiger partial charge on any atom is -0.383 e. The van der Waals surface area contributed by atoms with E-state index in [0.29, 0.717) is 5.41 Å². The lowest BCUT2D eigenvalue weighted by Crippen LogP contribution is -2.35. The van der Waals surface area contributed by atoms with Crippen molar-refractivity contribution in [3.63, 3.8) is 0 Å². The molecule has 0 aliphatic carbocycles. The van der Waals surface area contributed by atoms with Crippen LogP contribution in [0.25, 0.3) is 0 Å². The lowest BCUT2D eigenvalue weighted by Gasteiger charge is -2.29. The van der Waals surface area contributed by atoms with Gasteiger partial charge in [-0.25, -0.2) is 0 Å². The highest BCUT2D eigenvalue weighted by Gasteiger charge is 2.23. The maximum Gasteiger partial charge on any atom is 0.0587 e. The number of thiophene rings is 1. The summed E-state index contributed by atoms with van der Waals surface area (Å²) in [4.78, 5) is 1.49. The van der Waals surface area contributed by atoms with Gasteiger partial charge in [0.15, 0.2) is 0 Å². The second kappa shape index (κ2) is 7.85. The Balaban J connectivity index is 2.43. The lowest BCUT2D eigenvalue weighted by molar-refractivity contribution is 0.190. The van der Waals surface area contributed by atoms with Gasteiger partial charge in [0.2, 0.25) is 0 Å². The number of ether oxygens (including phenoxy) is 1. The molecule has 0 aromatic carbocycles. The smallest absolute Gasteiger partial charge is 0.0587 e. The van der Waals surface area contributed by atoms with Gasteiger partial charge in [0, 0.05) is 25.1 Å². The van der Waals surface area contributed by atoms with Gasteiger partial charge in [-0.3, -0.25) is 0 Å². The zero-order valence-corrected chi connectivity index (χ0v) is 12.1. The molecule has 0 fully saturated rings. The number of hydrogen-bond donors (Lipinski definition) is 1. The summed E-state index contributed by atoms with van der Waals surface area (Å²) in [6.07, 6.45) is 3.69. The predicted molar refractivity (Wildman–Crippen MR) is 75.8 cm³/mol. The van der Waals surface area contributed by atoms with Crippen LogP contribution in [-0.4, -0.2) is 26.8 Å². The normalized spacial score (nSPS) is 14.8. The second-order valence-corrected chi connectivity index (χ2v) is 6.02. The van der Waals surface area contributed by atoms with E-state index in [1.807, 2.05) is 11.3 Å². The van der Waals surface area contributed by atoms with Gasteiger partial charge in [0.25, 0.3) is 0 Å². The lowest BCUT2D eigenvalue weighted by atomic mass is 9.81. The predicted octanol–water partition coefficient (Wildman–Crippen LogP) is 3.33. The van der Waals surface area contributed by atoms with E-state index >= 15 is 0 Å². The zero-order valence-electron chi connectivity index (χ0n) is 11.3. The summed E-state index contributed by atoms with van der Waals surface area (Å²) in [6.45, 7) is 7.46. The van der Waals surface area contributed by atoms with Crippen molar-refractivity contribution in [1.29, 1.82) is 0 Å². The monoisotopic (exact) mass is 255 g/mol. The molecule has 17 heavy (non-hydrogen) atoms. The summed E-state index contributed by atoms with van der Waals surface area (Å²) in [6, 6.07) is 4.39. The van der Waals surface area contributed by atoms with Gasteiger partial charge in [0.1, 0.15) is 0 Å². The number of methoxy groups -OCH3 is 1. The number of hydrogen-bond acceptors (Lipinski definition) is 3. The fraction of sp³-hybridized carbons (Fsp3) is 0.714. The first-order chi connectivity index (χ1) is 8.20. The molecule has 0 aliphatic rings. The van der Waals surface area contributed by atoms with Crippen molar-refractivity contribution in [1.82, 2.24) is 5.32 Å². The van der Waals surface area contributed by atoms with Gasteiger partial charge < -0.3 is 10.1 Å². The van der Waals surface area contributed by atoms with Gasteiger partial charge in [-0.1, -0.05) is 26.3 Å². The van der Waals surface area contributed by atoms with Crippen molar-refractivity contribution >= 4 is 11.3 Å². The van der Waals surface area contributed by atoms with E-state index < -0.39 is 0 Å². The van der Waals surface area contributed by atoms with Crippen molar-refractivity contribution in [3.8, 4) is 0 Å². The van der Waals surface area contributed by atoms with E-state index in [0.717, 1.165) is 19.7 Å². The highest BCUT2D eigenvalue weighted by molar-refractivity contribution is 7.09. The summed E-state index contributed by atoms with van der Waals surface area (Å²) in [7, 11) is 1.75. The Morgan fingerprint density at radius 2 is 2.29 bits per heavy atom. The van der Waals surface area contributed by atoms with Gasteiger partial charge in [-0.05, 0) is 29.7 Å². The number of nitrogens with one attached hydrogen (secondary N) is 1. The summed E-state index contributed by atoms with van der Waals surface area (Å²) in [5.41, 5.74) is 0.368. The first-order valence-electron chi connectivity index (χ1n) is 6.42. The Hall–Kier alpha value is -0.380. The van der Waals surface area contributed by atoms with Gasteiger partial charge in [-0.15, -0.1) is 11.3 Å². The molecule has 2 nitrogen and oxygen atoms in total. The van der Waals surface area contributed by atoms with Crippen LogP contribution in [0.3, 0.4) is 0 Å². The molecule has 1 N–H and O–H groups in total. The molecule has 1 atom stereocenters. The Morgan fingerprint density at radius 3 is 2.88 bits per heavy atom. The molecule has 3 heteroatoms. The summed E-state index contributed by atoms with van der Waals surface area (Å²) < 4.78 is 5.06. The van der Waals surface area contributed by atoms with Crippen molar-refractivity contribution in [2.45, 2.75) is 33.1 Å². The van der Waals surface area contributed by atoms with Crippen LogP contribution in [0.4, 0.5) is 0 Å². The van der Waals surface area contributed by atoms with Crippen LogP contribution in [0, 0.1) is 5.41 Å². The van der Waals surface area contributed by atoms with E-state index in [1.165, 1.54) is 24.1 Å². The molecule has 1 unspecified atom stereocenters. The van der Waals surface area contributed by atoms with Gasteiger partial charge in [-0.2, -0.15) is 0 Å². The first-order valence-corrected chi connectivity index (χ1v) is 7.30. The van der Waals surface area contributed by atoms with Crippen molar-refractivity contribution in [2.75, 3.05) is 26.8 Å². The topological polar surface area (TPSA) is 21.3 Å². The second-order valence-electron chi connectivity index (χ2n) is 4.99. The van der Waals surface area contributed by atoms with Crippen LogP contribution < -0.4 is 5.32 Å². The van der Waals surface area contributed by atoms with Crippen LogP contribution >= 0.6 is 11.3 Å². The fourth-order valence-electron chi connectivity index (χ4n) is 2.24. The average Bonchev–Trinajstić information content (AvgIpc) is 2.77. The minimum absolute atomic E-state index is 0.368. The Labute approximate surface area is 109 Å². The number of rotatable bonds is 9. The summed E-state index contributed by atoms with van der Waals surface area (Å²) in [5, 5.41) is 5.67. The fourth-order valence-corrected chi connectivity index (χ4v) is 3.16. The van der Waals surface area contributed by atoms with E-state index in [2.05, 4.69) is 36.7 Å². The third-order valence-electron chi connectivity index (χ3n) is 3.07. The minimum atomic E-state index is 0.368. The van der Waals surface area contributed by atoms with E-state index in [1.54, 1.807) is 7.11 Å². The summed E-state index contributed by atoms with van der Waals surface area (Å²) >= 11 is 1.87. The molecule has 0 amide bonds. The zero-order chi connectivity index (χ0) is 12.6. The molecule has 0 saturated carbocycles. The Kier molecular flexibility index (Phi) is 6.78. The molecular weight excluding hydrogens is 230 g/mol. The largest absolute Gasteiger partial charge is 0.383 e. The van der Waals surface area contributed by atoms with E-state index in [4.69, 9.17) is 4.74 Å². The quantitative estimate of drug-likeness (QED) is 0.683. The molecule has 1 rings (SSSR count). The Morgan fingerprint density at radius 1 is 1.47 bits per heavy atom. The molecule has 1 aromatic rings. The maximum atomic E-state index is 5.06. The molecule has 0 spiro atoms. The molecule has 1 heterocycles. The van der Waals surface area contributed by atoms with Crippen molar-refractivity contribution in [3.05, 3.63) is 22.4 Å². The van der Waals surface area contributed by atoms with Gasteiger partial charge >= 0.3 is 0 Å². The highest BCUT2D eigenvalue weighted by atomic mass is 32.1. The highest BCUT2D eigenvalue weighted by Crippen LogP contribution is 2.29. The average molecular weight is 255 g/mol. The SMILES string of the molecule is CCCC(C)(CNCCOC)Cc1cccs1. The first kappa shape index (κ1) is 14.7. The molecule has 98 valence electrons. The maximum absolute atomic E-state index is 5.06. The molecule has 0 saturated heterocycles. The third-order valence-corrected chi connectivity index (χ3v) is 3.95. The summed E-state index contributed by atoms with van der Waals surface area (Å²) in [5.74, 6) is 0. The van der Waals surface area contributed by atoms with Gasteiger partial charge in [0.05, 0.1) is 6.61 Å². The van der Waals surface area contributed by atoms with Crippen LogP contribution in [-0.2, 0) is 11.2 Å². The molecule has 0 radical (unpaired) electrons. The molecule has 0 aliphatic heterocycles. The van der Waals surface area contributed by atoms with E-state index in [9.17, 15) is 0 Å². The van der Waals surface area contributed by atoms with Crippen LogP contribution in [0.2, 0.25) is 0 Å². The van der Waals surface area contributed by atoms with Crippen LogP contribution in [0.15, 0.2) is 17.5 Å². The van der Waals surface area contributed by atoms with Crippen molar-refractivity contribution < 1.29 is 4.74 Å². The van der Waals surface area contributed by atoms with Crippen LogP contribution in [0.1, 0.15) is 31.6 Å². The molecule has 1 aromatic heterocycles.